The van der Waals surface area contributed by atoms with E-state index in [1.54, 1.807) is 10.9 Å². The summed E-state index contributed by atoms with van der Waals surface area (Å²) in [7, 11) is 0. The molecule has 0 spiro atoms. The van der Waals surface area contributed by atoms with Crippen molar-refractivity contribution in [1.82, 2.24) is 9.78 Å². The lowest BCUT2D eigenvalue weighted by Crippen LogP contribution is -2.21. The number of ether oxygens (including phenoxy) is 1. The van der Waals surface area contributed by atoms with E-state index in [-0.39, 0.29) is 17.5 Å². The summed E-state index contributed by atoms with van der Waals surface area (Å²) in [6.45, 7) is 2.44. The lowest BCUT2D eigenvalue weighted by atomic mass is 10.0. The number of nitrogens with zero attached hydrogens (tertiary/aromatic N) is 2. The van der Waals surface area contributed by atoms with E-state index in [0.717, 1.165) is 28.1 Å². The van der Waals surface area contributed by atoms with E-state index in [1.165, 1.54) is 18.2 Å². The summed E-state index contributed by atoms with van der Waals surface area (Å²) in [5.41, 5.74) is 4.25. The summed E-state index contributed by atoms with van der Waals surface area (Å²) in [6, 6.07) is 9.97. The van der Waals surface area contributed by atoms with Crippen molar-refractivity contribution < 1.29 is 13.9 Å². The van der Waals surface area contributed by atoms with E-state index in [0.29, 0.717) is 12.3 Å². The van der Waals surface area contributed by atoms with Gasteiger partial charge in [0.15, 0.2) is 0 Å². The van der Waals surface area contributed by atoms with Crippen LogP contribution in [-0.4, -0.2) is 15.7 Å². The number of nitrogens with one attached hydrogen (secondary N) is 1. The molecule has 5 nitrogen and oxygen atoms in total. The van der Waals surface area contributed by atoms with Crippen molar-refractivity contribution in [3.63, 3.8) is 0 Å². The number of halogens is 2. The second-order valence-corrected chi connectivity index (χ2v) is 6.55. The number of aryl methyl sites for hydroxylation is 1. The third-order valence-electron chi connectivity index (χ3n) is 4.19. The quantitative estimate of drug-likeness (QED) is 0.751. The van der Waals surface area contributed by atoms with Gasteiger partial charge in [-0.05, 0) is 37.3 Å². The van der Waals surface area contributed by atoms with Crippen LogP contribution in [0.2, 0.25) is 5.02 Å². The van der Waals surface area contributed by atoms with Crippen molar-refractivity contribution in [3.8, 4) is 17.0 Å². The molecule has 0 bridgehead atoms. The van der Waals surface area contributed by atoms with E-state index in [1.807, 2.05) is 25.1 Å². The van der Waals surface area contributed by atoms with Crippen molar-refractivity contribution in [3.05, 3.63) is 64.6 Å². The Bertz CT molecular complexity index is 1020. The number of fused-ring (bicyclic) bond motifs is 3. The highest BCUT2D eigenvalue weighted by atomic mass is 35.5. The molecule has 0 saturated heterocycles. The molecule has 0 saturated carbocycles. The molecule has 1 amide bonds. The zero-order valence-electron chi connectivity index (χ0n) is 13.9. The molecule has 1 aliphatic heterocycles. The molecule has 132 valence electrons. The molecule has 0 unspecified atom stereocenters. The smallest absolute Gasteiger partial charge is 0.246 e. The first kappa shape index (κ1) is 16.6. The van der Waals surface area contributed by atoms with Crippen molar-refractivity contribution in [2.75, 3.05) is 5.32 Å². The normalized spacial score (nSPS) is 12.1. The van der Waals surface area contributed by atoms with Gasteiger partial charge in [0, 0.05) is 16.8 Å². The van der Waals surface area contributed by atoms with Gasteiger partial charge >= 0.3 is 0 Å². The number of anilines is 1. The molecule has 4 rings (SSSR count). The number of carbonyl (C=O) groups excluding carboxylic acids is 1. The van der Waals surface area contributed by atoms with E-state index in [9.17, 15) is 9.18 Å². The van der Waals surface area contributed by atoms with Crippen LogP contribution in [0, 0.1) is 12.7 Å². The minimum Gasteiger partial charge on any atom is -0.488 e. The molecule has 1 N–H and O–H groups in total. The van der Waals surface area contributed by atoms with Crippen LogP contribution in [0.3, 0.4) is 0 Å². The van der Waals surface area contributed by atoms with Gasteiger partial charge in [-0.2, -0.15) is 5.10 Å². The third-order valence-corrected chi connectivity index (χ3v) is 4.47. The minimum atomic E-state index is -0.530. The van der Waals surface area contributed by atoms with E-state index >= 15 is 0 Å². The van der Waals surface area contributed by atoms with Crippen LogP contribution in [0.4, 0.5) is 10.1 Å². The summed E-state index contributed by atoms with van der Waals surface area (Å²) in [5.74, 6) is -0.0346. The predicted molar refractivity (Wildman–Crippen MR) is 96.8 cm³/mol. The summed E-state index contributed by atoms with van der Waals surface area (Å²) in [6.07, 6.45) is 1.71. The molecular weight excluding hydrogens is 357 g/mol. The fraction of sp³-hybridized carbons (Fsp3) is 0.158. The Morgan fingerprint density at radius 3 is 3.00 bits per heavy atom. The average molecular weight is 372 g/mol. The van der Waals surface area contributed by atoms with Crippen LogP contribution >= 0.6 is 11.6 Å². The second kappa shape index (κ2) is 6.46. The molecule has 2 aromatic carbocycles. The summed E-state index contributed by atoms with van der Waals surface area (Å²) in [4.78, 5) is 12.4. The minimum absolute atomic E-state index is 0.0255. The predicted octanol–water partition coefficient (Wildman–Crippen LogP) is 4.18. The van der Waals surface area contributed by atoms with Crippen LogP contribution in [-0.2, 0) is 17.9 Å². The van der Waals surface area contributed by atoms with Gasteiger partial charge in [0.25, 0.3) is 0 Å². The van der Waals surface area contributed by atoms with E-state index in [2.05, 4.69) is 10.4 Å². The van der Waals surface area contributed by atoms with Gasteiger partial charge in [0.1, 0.15) is 24.7 Å². The summed E-state index contributed by atoms with van der Waals surface area (Å²) >= 11 is 5.75. The van der Waals surface area contributed by atoms with E-state index in [4.69, 9.17) is 16.3 Å². The first-order valence-electron chi connectivity index (χ1n) is 8.04. The van der Waals surface area contributed by atoms with Crippen molar-refractivity contribution in [2.45, 2.75) is 20.1 Å². The van der Waals surface area contributed by atoms with Gasteiger partial charge in [-0.25, -0.2) is 4.39 Å². The van der Waals surface area contributed by atoms with Gasteiger partial charge in [-0.15, -0.1) is 0 Å². The highest BCUT2D eigenvalue weighted by molar-refractivity contribution is 6.31. The van der Waals surface area contributed by atoms with Crippen LogP contribution in [0.25, 0.3) is 11.3 Å². The average Bonchev–Trinajstić information content (AvgIpc) is 3.01. The number of aromatic nitrogens is 2. The van der Waals surface area contributed by atoms with Gasteiger partial charge in [0.05, 0.1) is 16.9 Å². The molecule has 0 fully saturated rings. The lowest BCUT2D eigenvalue weighted by Gasteiger charge is -2.19. The number of benzene rings is 2. The van der Waals surface area contributed by atoms with Crippen molar-refractivity contribution in [2.24, 2.45) is 0 Å². The lowest BCUT2D eigenvalue weighted by molar-refractivity contribution is -0.116. The molecular formula is C19H15ClFN3O2. The Hall–Kier alpha value is -2.86. The number of amides is 1. The monoisotopic (exact) mass is 371 g/mol. The Morgan fingerprint density at radius 2 is 2.19 bits per heavy atom. The van der Waals surface area contributed by atoms with Gasteiger partial charge in [-0.3, -0.25) is 9.48 Å². The molecule has 0 aliphatic carbocycles. The maximum atomic E-state index is 13.2. The number of hydrogen-bond donors (Lipinski definition) is 1. The van der Waals surface area contributed by atoms with Gasteiger partial charge < -0.3 is 10.1 Å². The maximum Gasteiger partial charge on any atom is 0.246 e. The van der Waals surface area contributed by atoms with Crippen LogP contribution in [0.5, 0.6) is 5.75 Å². The largest absolute Gasteiger partial charge is 0.488 e. The SMILES string of the molecule is Cc1ccc2c(c1)-c1c(cnn1CC(=O)Nc1ccc(F)c(Cl)c1)CO2. The molecule has 1 aliphatic rings. The first-order chi connectivity index (χ1) is 12.5. The van der Waals surface area contributed by atoms with Crippen molar-refractivity contribution >= 4 is 23.2 Å². The fourth-order valence-electron chi connectivity index (χ4n) is 2.98. The Kier molecular flexibility index (Phi) is 4.12. The maximum absolute atomic E-state index is 13.2. The topological polar surface area (TPSA) is 56.2 Å². The molecule has 26 heavy (non-hydrogen) atoms. The summed E-state index contributed by atoms with van der Waals surface area (Å²) < 4.78 is 20.6. The number of hydrogen-bond acceptors (Lipinski definition) is 3. The Labute approximate surface area is 154 Å². The number of carbonyl (C=O) groups is 1. The zero-order valence-corrected chi connectivity index (χ0v) is 14.7. The molecule has 0 atom stereocenters. The molecule has 2 heterocycles. The van der Waals surface area contributed by atoms with E-state index < -0.39 is 5.82 Å². The van der Waals surface area contributed by atoms with Crippen LogP contribution < -0.4 is 10.1 Å². The van der Waals surface area contributed by atoms with Gasteiger partial charge in [0.2, 0.25) is 5.91 Å². The summed E-state index contributed by atoms with van der Waals surface area (Å²) in [5, 5.41) is 7.00. The highest BCUT2D eigenvalue weighted by Gasteiger charge is 2.23. The number of rotatable bonds is 3. The standard InChI is InChI=1S/C19H15ClFN3O2/c1-11-2-5-17-14(6-11)19-12(10-26-17)8-22-24(19)9-18(25)23-13-3-4-16(21)15(20)7-13/h2-8H,9-10H2,1H3,(H,23,25). The van der Waals surface area contributed by atoms with Gasteiger partial charge in [-0.1, -0.05) is 23.2 Å². The molecule has 3 aromatic rings. The zero-order chi connectivity index (χ0) is 18.3. The van der Waals surface area contributed by atoms with Crippen LogP contribution in [0.1, 0.15) is 11.1 Å². The van der Waals surface area contributed by atoms with Crippen LogP contribution in [0.15, 0.2) is 42.6 Å². The molecule has 0 radical (unpaired) electrons. The fourth-order valence-corrected chi connectivity index (χ4v) is 3.16. The third kappa shape index (κ3) is 3.04. The first-order valence-corrected chi connectivity index (χ1v) is 8.42. The van der Waals surface area contributed by atoms with Crippen molar-refractivity contribution in [1.29, 1.82) is 0 Å². The second-order valence-electron chi connectivity index (χ2n) is 6.14. The molecule has 1 aromatic heterocycles. The molecule has 7 heteroatoms. The Balaban J connectivity index is 1.59. The highest BCUT2D eigenvalue weighted by Crippen LogP contribution is 2.37. The Morgan fingerprint density at radius 1 is 1.35 bits per heavy atom.